The highest BCUT2D eigenvalue weighted by Gasteiger charge is 2.52. The molecular formula is C12H12ClFO2. The van der Waals surface area contributed by atoms with Gasteiger partial charge >= 0.3 is 5.97 Å². The molecule has 0 N–H and O–H groups in total. The summed E-state index contributed by atoms with van der Waals surface area (Å²) < 4.78 is 17.8. The highest BCUT2D eigenvalue weighted by molar-refractivity contribution is 6.30. The minimum Gasteiger partial charge on any atom is -0.468 e. The molecule has 0 atom stereocenters. The first-order valence-corrected chi connectivity index (χ1v) is 5.45. The molecule has 0 aromatic heterocycles. The number of hydrogen-bond donors (Lipinski definition) is 0. The van der Waals surface area contributed by atoms with Crippen molar-refractivity contribution >= 4 is 17.6 Å². The Balaban J connectivity index is 2.34. The van der Waals surface area contributed by atoms with E-state index in [-0.39, 0.29) is 18.8 Å². The highest BCUT2D eigenvalue weighted by atomic mass is 35.5. The van der Waals surface area contributed by atoms with E-state index in [4.69, 9.17) is 16.3 Å². The number of carbonyl (C=O) groups excluding carboxylic acids is 1. The first-order chi connectivity index (χ1) is 7.58. The van der Waals surface area contributed by atoms with E-state index in [0.717, 1.165) is 5.56 Å². The van der Waals surface area contributed by atoms with Crippen LogP contribution in [-0.2, 0) is 14.9 Å². The molecule has 0 amide bonds. The molecule has 0 heterocycles. The minimum atomic E-state index is -0.922. The molecule has 16 heavy (non-hydrogen) atoms. The molecule has 0 spiro atoms. The van der Waals surface area contributed by atoms with Crippen LogP contribution in [0.3, 0.4) is 0 Å². The van der Waals surface area contributed by atoms with Crippen molar-refractivity contribution in [1.82, 2.24) is 0 Å². The maximum absolute atomic E-state index is 13.0. The lowest BCUT2D eigenvalue weighted by molar-refractivity contribution is -0.154. The van der Waals surface area contributed by atoms with Crippen LogP contribution in [0.25, 0.3) is 0 Å². The molecule has 1 fully saturated rings. The second-order valence-corrected chi connectivity index (χ2v) is 4.52. The minimum absolute atomic E-state index is 0.196. The Morgan fingerprint density at radius 2 is 2.00 bits per heavy atom. The first-order valence-electron chi connectivity index (χ1n) is 5.07. The molecule has 4 heteroatoms. The molecule has 0 aliphatic heterocycles. The maximum atomic E-state index is 13.0. The molecule has 0 radical (unpaired) electrons. The summed E-state index contributed by atoms with van der Waals surface area (Å²) in [6.45, 7) is 0. The van der Waals surface area contributed by atoms with E-state index in [1.807, 2.05) is 0 Å². The van der Waals surface area contributed by atoms with Crippen molar-refractivity contribution in [3.05, 3.63) is 34.9 Å². The van der Waals surface area contributed by atoms with Crippen LogP contribution in [0.1, 0.15) is 18.4 Å². The number of benzene rings is 1. The molecule has 2 nitrogen and oxygen atoms in total. The Morgan fingerprint density at radius 1 is 1.44 bits per heavy atom. The van der Waals surface area contributed by atoms with Crippen LogP contribution < -0.4 is 0 Å². The Labute approximate surface area is 98.4 Å². The highest BCUT2D eigenvalue weighted by Crippen LogP contribution is 2.46. The van der Waals surface area contributed by atoms with E-state index >= 15 is 0 Å². The summed E-state index contributed by atoms with van der Waals surface area (Å²) in [6.07, 6.45) is -0.530. The summed E-state index contributed by atoms with van der Waals surface area (Å²) in [5.41, 5.74) is -0.0312. The predicted octanol–water partition coefficient (Wildman–Crippen LogP) is 2.88. The van der Waals surface area contributed by atoms with Gasteiger partial charge in [0.1, 0.15) is 6.17 Å². The molecule has 1 aliphatic rings. The molecule has 86 valence electrons. The Bertz CT molecular complexity index is 396. The van der Waals surface area contributed by atoms with Gasteiger partial charge in [-0.2, -0.15) is 0 Å². The van der Waals surface area contributed by atoms with Crippen LogP contribution in [-0.4, -0.2) is 19.3 Å². The molecule has 2 rings (SSSR count). The van der Waals surface area contributed by atoms with Crippen molar-refractivity contribution in [3.63, 3.8) is 0 Å². The number of hydrogen-bond acceptors (Lipinski definition) is 2. The van der Waals surface area contributed by atoms with Gasteiger partial charge in [0.2, 0.25) is 0 Å². The number of rotatable bonds is 2. The monoisotopic (exact) mass is 242 g/mol. The van der Waals surface area contributed by atoms with Gasteiger partial charge in [-0.15, -0.1) is 0 Å². The molecule has 1 aliphatic carbocycles. The molecule has 0 bridgehead atoms. The van der Waals surface area contributed by atoms with Crippen LogP contribution in [0.2, 0.25) is 5.02 Å². The third-order valence-corrected chi connectivity index (χ3v) is 3.36. The topological polar surface area (TPSA) is 26.3 Å². The summed E-state index contributed by atoms with van der Waals surface area (Å²) in [5.74, 6) is -0.372. The SMILES string of the molecule is COC(=O)C1(c2ccc(Cl)cc2)CC(F)C1. The number of halogens is 2. The van der Waals surface area contributed by atoms with Gasteiger partial charge in [0.05, 0.1) is 12.5 Å². The van der Waals surface area contributed by atoms with Crippen LogP contribution in [0.5, 0.6) is 0 Å². The second kappa shape index (κ2) is 4.06. The molecule has 1 aromatic rings. The van der Waals surface area contributed by atoms with Crippen molar-refractivity contribution in [2.24, 2.45) is 0 Å². The van der Waals surface area contributed by atoms with Crippen molar-refractivity contribution < 1.29 is 13.9 Å². The van der Waals surface area contributed by atoms with E-state index in [0.29, 0.717) is 5.02 Å². The standard InChI is InChI=1S/C12H12ClFO2/c1-16-11(15)12(6-10(14)7-12)8-2-4-9(13)5-3-8/h2-5,10H,6-7H2,1H3. The zero-order valence-corrected chi connectivity index (χ0v) is 9.63. The van der Waals surface area contributed by atoms with Gasteiger partial charge in [0, 0.05) is 5.02 Å². The molecular weight excluding hydrogens is 231 g/mol. The van der Waals surface area contributed by atoms with Crippen LogP contribution in [0, 0.1) is 0 Å². The van der Waals surface area contributed by atoms with E-state index < -0.39 is 11.6 Å². The largest absolute Gasteiger partial charge is 0.468 e. The second-order valence-electron chi connectivity index (χ2n) is 4.09. The van der Waals surface area contributed by atoms with Crippen molar-refractivity contribution in [2.45, 2.75) is 24.4 Å². The van der Waals surface area contributed by atoms with Crippen LogP contribution >= 0.6 is 11.6 Å². The fourth-order valence-corrected chi connectivity index (χ4v) is 2.31. The lowest BCUT2D eigenvalue weighted by Gasteiger charge is -2.41. The average molecular weight is 243 g/mol. The molecule has 1 saturated carbocycles. The quantitative estimate of drug-likeness (QED) is 0.746. The number of alkyl halides is 1. The van der Waals surface area contributed by atoms with Gasteiger partial charge in [-0.3, -0.25) is 4.79 Å². The summed E-state index contributed by atoms with van der Waals surface area (Å²) in [7, 11) is 1.32. The zero-order chi connectivity index (χ0) is 11.8. The summed E-state index contributed by atoms with van der Waals surface area (Å²) >= 11 is 5.77. The van der Waals surface area contributed by atoms with E-state index in [1.54, 1.807) is 24.3 Å². The summed E-state index contributed by atoms with van der Waals surface area (Å²) in [4.78, 5) is 11.7. The lowest BCUT2D eigenvalue weighted by atomic mass is 9.63. The Hall–Kier alpha value is -1.09. The third kappa shape index (κ3) is 1.69. The van der Waals surface area contributed by atoms with Crippen molar-refractivity contribution in [3.8, 4) is 0 Å². The van der Waals surface area contributed by atoms with Gasteiger partial charge in [-0.25, -0.2) is 4.39 Å². The first kappa shape index (κ1) is 11.4. The van der Waals surface area contributed by atoms with Gasteiger partial charge in [0.15, 0.2) is 0 Å². The van der Waals surface area contributed by atoms with E-state index in [1.165, 1.54) is 7.11 Å². The van der Waals surface area contributed by atoms with Crippen LogP contribution in [0.15, 0.2) is 24.3 Å². The summed E-state index contributed by atoms with van der Waals surface area (Å²) in [6, 6.07) is 6.91. The van der Waals surface area contributed by atoms with E-state index in [9.17, 15) is 9.18 Å². The van der Waals surface area contributed by atoms with Crippen molar-refractivity contribution in [2.75, 3.05) is 7.11 Å². The maximum Gasteiger partial charge on any atom is 0.316 e. The smallest absolute Gasteiger partial charge is 0.316 e. The lowest BCUT2D eigenvalue weighted by Crippen LogP contribution is -2.49. The molecule has 0 saturated heterocycles. The van der Waals surface area contributed by atoms with Crippen molar-refractivity contribution in [1.29, 1.82) is 0 Å². The van der Waals surface area contributed by atoms with Gasteiger partial charge < -0.3 is 4.74 Å². The average Bonchev–Trinajstić information content (AvgIpc) is 2.25. The Morgan fingerprint density at radius 3 is 2.44 bits per heavy atom. The zero-order valence-electron chi connectivity index (χ0n) is 8.87. The fourth-order valence-electron chi connectivity index (χ4n) is 2.18. The Kier molecular flexibility index (Phi) is 2.89. The van der Waals surface area contributed by atoms with Gasteiger partial charge in [-0.05, 0) is 30.5 Å². The van der Waals surface area contributed by atoms with Gasteiger partial charge in [-0.1, -0.05) is 23.7 Å². The van der Waals surface area contributed by atoms with E-state index in [2.05, 4.69) is 0 Å². The number of esters is 1. The number of ether oxygens (including phenoxy) is 1. The third-order valence-electron chi connectivity index (χ3n) is 3.11. The molecule has 0 unspecified atom stereocenters. The van der Waals surface area contributed by atoms with Gasteiger partial charge in [0.25, 0.3) is 0 Å². The number of methoxy groups -OCH3 is 1. The summed E-state index contributed by atoms with van der Waals surface area (Å²) in [5, 5.41) is 0.597. The molecule has 1 aromatic carbocycles. The predicted molar refractivity (Wildman–Crippen MR) is 59.3 cm³/mol. The normalized spacial score (nSPS) is 28.3. The number of carbonyl (C=O) groups is 1. The fraction of sp³-hybridized carbons (Fsp3) is 0.417. The van der Waals surface area contributed by atoms with Crippen LogP contribution in [0.4, 0.5) is 4.39 Å².